The number of allylic oxidation sites excluding steroid dienone is 1. The molecular weight excluding hydrogens is 379 g/mol. The van der Waals surface area contributed by atoms with Gasteiger partial charge in [0.1, 0.15) is 0 Å². The normalized spacial score (nSPS) is 12.1. The van der Waals surface area contributed by atoms with Crippen molar-refractivity contribution < 1.29 is 9.59 Å². The van der Waals surface area contributed by atoms with E-state index in [1.807, 2.05) is 24.3 Å². The second-order valence-corrected chi connectivity index (χ2v) is 11.1. The van der Waals surface area contributed by atoms with E-state index in [0.29, 0.717) is 5.92 Å². The molecule has 138 valence electrons. The third-order valence-electron chi connectivity index (χ3n) is 3.56. The summed E-state index contributed by atoms with van der Waals surface area (Å²) in [6.45, 7) is 8.62. The molecule has 2 aromatic heterocycles. The highest BCUT2D eigenvalue weighted by atomic mass is 32.1. The van der Waals surface area contributed by atoms with E-state index in [9.17, 15) is 9.59 Å². The Bertz CT molecular complexity index is 741. The molecule has 0 amide bonds. The van der Waals surface area contributed by atoms with E-state index in [4.69, 9.17) is 0 Å². The molecule has 0 spiro atoms. The zero-order chi connectivity index (χ0) is 19.1. The maximum absolute atomic E-state index is 12.3. The minimum absolute atomic E-state index is 0.0480. The van der Waals surface area contributed by atoms with Gasteiger partial charge in [0.2, 0.25) is 0 Å². The number of carbonyl (C=O) groups excluding carboxylic acids is 2. The van der Waals surface area contributed by atoms with Crippen molar-refractivity contribution in [2.24, 2.45) is 5.92 Å². The number of carbonyl (C=O) groups is 2. The molecule has 0 atom stereocenters. The summed E-state index contributed by atoms with van der Waals surface area (Å²) in [5.74, 6) is 2.77. The Labute approximate surface area is 165 Å². The summed E-state index contributed by atoms with van der Waals surface area (Å²) >= 11 is 2.99. The van der Waals surface area contributed by atoms with Crippen molar-refractivity contribution in [2.75, 3.05) is 13.3 Å². The molecule has 0 saturated heterocycles. The molecular formula is C21H25O2PS2. The lowest BCUT2D eigenvalue weighted by atomic mass is 10.1. The fourth-order valence-electron chi connectivity index (χ4n) is 2.17. The fraction of sp³-hybridized carbons (Fsp3) is 0.333. The molecule has 2 aromatic rings. The van der Waals surface area contributed by atoms with Crippen LogP contribution in [0, 0.1) is 5.92 Å². The average molecular weight is 405 g/mol. The molecule has 0 saturated carbocycles. The number of rotatable bonds is 9. The van der Waals surface area contributed by atoms with Crippen LogP contribution in [0.1, 0.15) is 55.8 Å². The SMILES string of the molecule is CC(C)/C=C/c1ccc(C(=O)CCC(=O)c2ccc(/C=C/P(C)C)s2)s1. The van der Waals surface area contributed by atoms with Gasteiger partial charge in [-0.25, -0.2) is 0 Å². The first-order valence-electron chi connectivity index (χ1n) is 8.64. The number of hydrogen-bond acceptors (Lipinski definition) is 4. The van der Waals surface area contributed by atoms with E-state index in [1.54, 1.807) is 0 Å². The molecule has 0 unspecified atom stereocenters. The van der Waals surface area contributed by atoms with Gasteiger partial charge in [0.25, 0.3) is 0 Å². The molecule has 0 radical (unpaired) electrons. The van der Waals surface area contributed by atoms with Gasteiger partial charge in [0.15, 0.2) is 11.6 Å². The van der Waals surface area contributed by atoms with Crippen molar-refractivity contribution in [3.63, 3.8) is 0 Å². The van der Waals surface area contributed by atoms with E-state index in [1.165, 1.54) is 22.7 Å². The first kappa shape index (κ1) is 21.0. The van der Waals surface area contributed by atoms with Crippen LogP contribution in [0.3, 0.4) is 0 Å². The lowest BCUT2D eigenvalue weighted by Crippen LogP contribution is -2.02. The first-order chi connectivity index (χ1) is 12.3. The molecule has 5 heteroatoms. The summed E-state index contributed by atoms with van der Waals surface area (Å²) < 4.78 is 0. The quantitative estimate of drug-likeness (QED) is 0.332. The summed E-state index contributed by atoms with van der Waals surface area (Å²) in [6, 6.07) is 7.67. The van der Waals surface area contributed by atoms with Crippen molar-refractivity contribution in [1.82, 2.24) is 0 Å². The minimum Gasteiger partial charge on any atom is -0.293 e. The van der Waals surface area contributed by atoms with Gasteiger partial charge in [-0.3, -0.25) is 9.59 Å². The third-order valence-corrected chi connectivity index (χ3v) is 6.49. The molecule has 26 heavy (non-hydrogen) atoms. The summed E-state index contributed by atoms with van der Waals surface area (Å²) in [6.07, 6.45) is 6.79. The molecule has 0 N–H and O–H groups in total. The minimum atomic E-state index is -0.0832. The molecule has 2 nitrogen and oxygen atoms in total. The van der Waals surface area contributed by atoms with Gasteiger partial charge >= 0.3 is 0 Å². The second-order valence-electron chi connectivity index (χ2n) is 6.63. The molecule has 0 aromatic carbocycles. The number of Topliss-reactive ketones (excluding diaryl/α,β-unsaturated/α-hetero) is 2. The van der Waals surface area contributed by atoms with Crippen molar-refractivity contribution in [2.45, 2.75) is 26.7 Å². The van der Waals surface area contributed by atoms with Crippen LogP contribution in [-0.4, -0.2) is 24.9 Å². The largest absolute Gasteiger partial charge is 0.293 e. The van der Waals surface area contributed by atoms with Crippen LogP contribution in [0.15, 0.2) is 36.2 Å². The lowest BCUT2D eigenvalue weighted by molar-refractivity contribution is 0.0921. The zero-order valence-electron chi connectivity index (χ0n) is 15.7. The second kappa shape index (κ2) is 10.1. The maximum atomic E-state index is 12.3. The summed E-state index contributed by atoms with van der Waals surface area (Å²) in [5.41, 5.74) is 0. The Kier molecular flexibility index (Phi) is 8.15. The van der Waals surface area contributed by atoms with E-state index in [-0.39, 0.29) is 32.3 Å². The number of hydrogen-bond donors (Lipinski definition) is 0. The molecule has 2 heterocycles. The van der Waals surface area contributed by atoms with E-state index < -0.39 is 0 Å². The fourth-order valence-corrected chi connectivity index (χ4v) is 4.49. The average Bonchev–Trinajstić information content (AvgIpc) is 3.25. The predicted molar refractivity (Wildman–Crippen MR) is 118 cm³/mol. The van der Waals surface area contributed by atoms with Crippen LogP contribution in [-0.2, 0) is 0 Å². The van der Waals surface area contributed by atoms with Crippen LogP contribution in [0.4, 0.5) is 0 Å². The van der Waals surface area contributed by atoms with Gasteiger partial charge in [-0.1, -0.05) is 33.7 Å². The van der Waals surface area contributed by atoms with Gasteiger partial charge in [-0.2, -0.15) is 0 Å². The van der Waals surface area contributed by atoms with Crippen molar-refractivity contribution in [3.05, 3.63) is 55.7 Å². The molecule has 0 fully saturated rings. The molecule has 0 aliphatic carbocycles. The highest BCUT2D eigenvalue weighted by Crippen LogP contribution is 2.29. The number of thiophene rings is 2. The predicted octanol–water partition coefficient (Wildman–Crippen LogP) is 7.04. The van der Waals surface area contributed by atoms with Crippen molar-refractivity contribution >= 4 is 54.3 Å². The Morgan fingerprint density at radius 3 is 1.88 bits per heavy atom. The highest BCUT2D eigenvalue weighted by Gasteiger charge is 2.14. The molecule has 0 aliphatic heterocycles. The van der Waals surface area contributed by atoms with E-state index in [0.717, 1.165) is 19.5 Å². The summed E-state index contributed by atoms with van der Waals surface area (Å²) in [4.78, 5) is 28.3. The molecule has 0 aliphatic rings. The monoisotopic (exact) mass is 404 g/mol. The van der Waals surface area contributed by atoms with Crippen LogP contribution in [0.5, 0.6) is 0 Å². The first-order valence-corrected chi connectivity index (χ1v) is 12.6. The highest BCUT2D eigenvalue weighted by molar-refractivity contribution is 7.59. The third kappa shape index (κ3) is 6.75. The van der Waals surface area contributed by atoms with Gasteiger partial charge in [-0.15, -0.1) is 22.7 Å². The molecule has 2 rings (SSSR count). The van der Waals surface area contributed by atoms with Gasteiger partial charge in [0, 0.05) is 22.6 Å². The lowest BCUT2D eigenvalue weighted by Gasteiger charge is -1.97. The Morgan fingerprint density at radius 1 is 0.923 bits per heavy atom. The Balaban J connectivity index is 1.90. The van der Waals surface area contributed by atoms with Crippen LogP contribution < -0.4 is 0 Å². The van der Waals surface area contributed by atoms with Gasteiger partial charge < -0.3 is 0 Å². The number of ketones is 2. The van der Waals surface area contributed by atoms with Crippen molar-refractivity contribution in [1.29, 1.82) is 0 Å². The van der Waals surface area contributed by atoms with E-state index >= 15 is 0 Å². The van der Waals surface area contributed by atoms with Gasteiger partial charge in [-0.05, 0) is 55.7 Å². The van der Waals surface area contributed by atoms with Gasteiger partial charge in [0.05, 0.1) is 9.75 Å². The summed E-state index contributed by atoms with van der Waals surface area (Å²) in [7, 11) is -0.0832. The summed E-state index contributed by atoms with van der Waals surface area (Å²) in [5, 5.41) is 0. The maximum Gasteiger partial charge on any atom is 0.173 e. The van der Waals surface area contributed by atoms with E-state index in [2.05, 4.69) is 51.2 Å². The Morgan fingerprint density at radius 2 is 1.42 bits per heavy atom. The topological polar surface area (TPSA) is 34.1 Å². The van der Waals surface area contributed by atoms with Crippen LogP contribution in [0.2, 0.25) is 0 Å². The van der Waals surface area contributed by atoms with Crippen molar-refractivity contribution in [3.8, 4) is 0 Å². The molecule has 0 bridgehead atoms. The standard InChI is InChI=1S/C21H25O2PS2/c1-15(2)5-6-16-7-11-20(25-16)18(22)9-10-19(23)21-12-8-17(26-21)13-14-24(3)4/h5-8,11-15H,9-10H2,1-4H3/b6-5+,14-13+. The van der Waals surface area contributed by atoms with Crippen LogP contribution in [0.25, 0.3) is 12.2 Å². The Hall–Kier alpha value is -1.35. The van der Waals surface area contributed by atoms with Crippen LogP contribution >= 0.6 is 30.6 Å². The zero-order valence-corrected chi connectivity index (χ0v) is 18.2. The smallest absolute Gasteiger partial charge is 0.173 e.